The minimum Gasteiger partial charge on any atom is -0.392 e. The van der Waals surface area contributed by atoms with E-state index in [2.05, 4.69) is 5.32 Å². The van der Waals surface area contributed by atoms with Gasteiger partial charge in [-0.15, -0.1) is 0 Å². The first-order valence-corrected chi connectivity index (χ1v) is 7.97. The molecule has 1 fully saturated rings. The van der Waals surface area contributed by atoms with Gasteiger partial charge < -0.3 is 10.4 Å². The van der Waals surface area contributed by atoms with E-state index in [9.17, 15) is 9.32 Å². The Morgan fingerprint density at radius 3 is 2.75 bits per heavy atom. The average molecular weight is 247 g/mol. The topological polar surface area (TPSA) is 49.3 Å². The molecule has 1 saturated carbocycles. The molecule has 0 radical (unpaired) electrons. The summed E-state index contributed by atoms with van der Waals surface area (Å²) in [4.78, 5) is 0. The zero-order chi connectivity index (χ0) is 12.0. The molecule has 1 aliphatic rings. The van der Waals surface area contributed by atoms with Crippen molar-refractivity contribution >= 4 is 10.8 Å². The van der Waals surface area contributed by atoms with Crippen LogP contribution in [0.15, 0.2) is 0 Å². The van der Waals surface area contributed by atoms with Crippen LogP contribution in [0.4, 0.5) is 0 Å². The molecule has 96 valence electrons. The van der Waals surface area contributed by atoms with Gasteiger partial charge in [0.25, 0.3) is 0 Å². The summed E-state index contributed by atoms with van der Waals surface area (Å²) in [5, 5.41) is 13.6. The second kappa shape index (κ2) is 7.41. The number of hydrogen-bond donors (Lipinski definition) is 2. The number of nitrogens with one attached hydrogen (secondary N) is 1. The van der Waals surface area contributed by atoms with Gasteiger partial charge in [-0.3, -0.25) is 4.21 Å². The van der Waals surface area contributed by atoms with Crippen LogP contribution in [0.2, 0.25) is 0 Å². The van der Waals surface area contributed by atoms with E-state index in [1.54, 1.807) is 6.26 Å². The van der Waals surface area contributed by atoms with Crippen molar-refractivity contribution in [2.45, 2.75) is 62.8 Å². The Bertz CT molecular complexity index is 223. The second-order valence-corrected chi connectivity index (χ2v) is 6.67. The summed E-state index contributed by atoms with van der Waals surface area (Å²) in [6.07, 6.45) is 8.09. The molecule has 0 aromatic heterocycles. The fraction of sp³-hybridized carbons (Fsp3) is 1.00. The summed E-state index contributed by atoms with van der Waals surface area (Å²) in [5.41, 5.74) is 0. The smallest absolute Gasteiger partial charge is 0.0693 e. The number of hydrogen-bond acceptors (Lipinski definition) is 3. The lowest BCUT2D eigenvalue weighted by molar-refractivity contribution is 0.120. The Morgan fingerprint density at radius 1 is 1.38 bits per heavy atom. The number of aliphatic hydroxyl groups is 1. The predicted octanol–water partition coefficient (Wildman–Crippen LogP) is 1.43. The largest absolute Gasteiger partial charge is 0.392 e. The summed E-state index contributed by atoms with van der Waals surface area (Å²) in [6.45, 7) is 2.88. The van der Waals surface area contributed by atoms with E-state index >= 15 is 0 Å². The molecule has 0 aliphatic heterocycles. The summed E-state index contributed by atoms with van der Waals surface area (Å²) in [5.74, 6) is 0. The molecule has 4 atom stereocenters. The molecule has 3 nitrogen and oxygen atoms in total. The molecule has 0 aromatic rings. The third-order valence-corrected chi connectivity index (χ3v) is 4.87. The van der Waals surface area contributed by atoms with Crippen molar-refractivity contribution < 1.29 is 9.32 Å². The number of rotatable bonds is 5. The first-order valence-electron chi connectivity index (χ1n) is 6.35. The van der Waals surface area contributed by atoms with E-state index < -0.39 is 10.8 Å². The van der Waals surface area contributed by atoms with E-state index in [1.807, 2.05) is 6.92 Å². The standard InChI is InChI=1S/C12H25NO2S/c1-10(16(2)15)8-9-13-11-6-4-3-5-7-12(11)14/h10-14H,3-9H2,1-2H3. The monoisotopic (exact) mass is 247 g/mol. The highest BCUT2D eigenvalue weighted by atomic mass is 32.2. The Hall–Kier alpha value is 0.0700. The highest BCUT2D eigenvalue weighted by molar-refractivity contribution is 7.84. The minimum absolute atomic E-state index is 0.190. The molecule has 0 spiro atoms. The van der Waals surface area contributed by atoms with Gasteiger partial charge in [0.15, 0.2) is 0 Å². The van der Waals surface area contributed by atoms with Gasteiger partial charge in [0.2, 0.25) is 0 Å². The zero-order valence-corrected chi connectivity index (χ0v) is 11.3. The van der Waals surface area contributed by atoms with E-state index in [4.69, 9.17) is 0 Å². The van der Waals surface area contributed by atoms with Crippen LogP contribution >= 0.6 is 0 Å². The van der Waals surface area contributed by atoms with Gasteiger partial charge in [0.05, 0.1) is 6.10 Å². The predicted molar refractivity (Wildman–Crippen MR) is 69.0 cm³/mol. The molecule has 16 heavy (non-hydrogen) atoms. The molecular formula is C12H25NO2S. The maximum absolute atomic E-state index is 11.2. The fourth-order valence-electron chi connectivity index (χ4n) is 2.16. The molecule has 1 aliphatic carbocycles. The van der Waals surface area contributed by atoms with Crippen LogP contribution in [0.3, 0.4) is 0 Å². The van der Waals surface area contributed by atoms with Gasteiger partial charge in [0, 0.05) is 28.3 Å². The molecule has 1 rings (SSSR count). The van der Waals surface area contributed by atoms with Crippen LogP contribution in [-0.4, -0.2) is 39.5 Å². The molecule has 4 unspecified atom stereocenters. The molecular weight excluding hydrogens is 222 g/mol. The molecule has 0 bridgehead atoms. The SMILES string of the molecule is CC(CCNC1CCCCCC1O)S(C)=O. The molecule has 0 amide bonds. The highest BCUT2D eigenvalue weighted by Crippen LogP contribution is 2.18. The average Bonchev–Trinajstić information content (AvgIpc) is 2.44. The van der Waals surface area contributed by atoms with Crippen molar-refractivity contribution in [2.75, 3.05) is 12.8 Å². The third kappa shape index (κ3) is 4.93. The van der Waals surface area contributed by atoms with Crippen LogP contribution < -0.4 is 5.32 Å². The van der Waals surface area contributed by atoms with Gasteiger partial charge in [-0.05, 0) is 25.8 Å². The maximum Gasteiger partial charge on any atom is 0.0693 e. The van der Waals surface area contributed by atoms with Crippen LogP contribution in [0.25, 0.3) is 0 Å². The van der Waals surface area contributed by atoms with Crippen molar-refractivity contribution in [1.29, 1.82) is 0 Å². The Morgan fingerprint density at radius 2 is 2.06 bits per heavy atom. The molecule has 0 heterocycles. The molecule has 0 saturated heterocycles. The summed E-state index contributed by atoms with van der Waals surface area (Å²) < 4.78 is 11.2. The van der Waals surface area contributed by atoms with E-state index in [0.717, 1.165) is 32.2 Å². The second-order valence-electron chi connectivity index (χ2n) is 4.86. The zero-order valence-electron chi connectivity index (χ0n) is 10.4. The van der Waals surface area contributed by atoms with E-state index in [0.29, 0.717) is 0 Å². The number of aliphatic hydroxyl groups excluding tert-OH is 1. The Kier molecular flexibility index (Phi) is 6.54. The molecule has 0 aromatic carbocycles. The summed E-state index contributed by atoms with van der Waals surface area (Å²) in [7, 11) is -0.731. The lowest BCUT2D eigenvalue weighted by atomic mass is 10.1. The van der Waals surface area contributed by atoms with Crippen molar-refractivity contribution in [3.05, 3.63) is 0 Å². The van der Waals surface area contributed by atoms with Crippen molar-refractivity contribution in [1.82, 2.24) is 5.32 Å². The van der Waals surface area contributed by atoms with Crippen LogP contribution in [-0.2, 0) is 10.8 Å². The molecule has 2 N–H and O–H groups in total. The quantitative estimate of drug-likeness (QED) is 0.723. The van der Waals surface area contributed by atoms with Crippen LogP contribution in [0.5, 0.6) is 0 Å². The highest BCUT2D eigenvalue weighted by Gasteiger charge is 2.20. The van der Waals surface area contributed by atoms with E-state index in [-0.39, 0.29) is 17.4 Å². The summed E-state index contributed by atoms with van der Waals surface area (Å²) in [6, 6.07) is 0.250. The van der Waals surface area contributed by atoms with Crippen LogP contribution in [0.1, 0.15) is 45.4 Å². The van der Waals surface area contributed by atoms with E-state index in [1.165, 1.54) is 12.8 Å². The van der Waals surface area contributed by atoms with Gasteiger partial charge in [-0.25, -0.2) is 0 Å². The Labute approximate surface area is 101 Å². The lowest BCUT2D eigenvalue weighted by Gasteiger charge is -2.22. The fourth-order valence-corrected chi connectivity index (χ4v) is 2.61. The normalized spacial score (nSPS) is 30.7. The maximum atomic E-state index is 11.2. The van der Waals surface area contributed by atoms with Crippen molar-refractivity contribution in [3.63, 3.8) is 0 Å². The van der Waals surface area contributed by atoms with Gasteiger partial charge in [-0.1, -0.05) is 26.2 Å². The third-order valence-electron chi connectivity index (χ3n) is 3.50. The van der Waals surface area contributed by atoms with Crippen LogP contribution in [0, 0.1) is 0 Å². The van der Waals surface area contributed by atoms with Gasteiger partial charge in [0.1, 0.15) is 0 Å². The summed E-state index contributed by atoms with van der Waals surface area (Å²) >= 11 is 0. The molecule has 4 heteroatoms. The van der Waals surface area contributed by atoms with Crippen molar-refractivity contribution in [2.24, 2.45) is 0 Å². The lowest BCUT2D eigenvalue weighted by Crippen LogP contribution is -2.40. The van der Waals surface area contributed by atoms with Gasteiger partial charge >= 0.3 is 0 Å². The van der Waals surface area contributed by atoms with Crippen molar-refractivity contribution in [3.8, 4) is 0 Å². The first kappa shape index (κ1) is 14.1. The van der Waals surface area contributed by atoms with Gasteiger partial charge in [-0.2, -0.15) is 0 Å². The minimum atomic E-state index is -0.731. The first-order chi connectivity index (χ1) is 7.61. The Balaban J connectivity index is 2.22.